The number of halogens is 1. The molecule has 4 nitrogen and oxygen atoms in total. The number of carboxylic acid groups (broad SMARTS) is 1. The van der Waals surface area contributed by atoms with Gasteiger partial charge in [-0.05, 0) is 24.6 Å². The molecular formula is C14H14ClNO3S. The maximum absolute atomic E-state index is 11.3. The molecule has 0 saturated carbocycles. The summed E-state index contributed by atoms with van der Waals surface area (Å²) in [5.41, 5.74) is 1.38. The molecule has 0 aliphatic carbocycles. The molecule has 0 atom stereocenters. The summed E-state index contributed by atoms with van der Waals surface area (Å²) in [6.45, 7) is 1.99. The number of thiazole rings is 1. The summed E-state index contributed by atoms with van der Waals surface area (Å²) in [5.74, 6) is -0.351. The molecule has 0 amide bonds. The lowest BCUT2D eigenvalue weighted by Crippen LogP contribution is -1.98. The third-order valence-electron chi connectivity index (χ3n) is 2.77. The number of methoxy groups -OCH3 is 1. The zero-order chi connectivity index (χ0) is 14.7. The van der Waals surface area contributed by atoms with E-state index in [9.17, 15) is 9.90 Å². The maximum atomic E-state index is 11.3. The van der Waals surface area contributed by atoms with E-state index in [2.05, 4.69) is 4.98 Å². The smallest absolute Gasteiger partial charge is 0.347 e. The Labute approximate surface area is 126 Å². The number of carbonyl (C=O) groups is 1. The third kappa shape index (κ3) is 2.94. The maximum Gasteiger partial charge on any atom is 0.347 e. The fourth-order valence-electron chi connectivity index (χ4n) is 1.88. The molecule has 20 heavy (non-hydrogen) atoms. The van der Waals surface area contributed by atoms with E-state index < -0.39 is 5.97 Å². The third-order valence-corrected chi connectivity index (χ3v) is 4.13. The number of hydrogen-bond donors (Lipinski definition) is 1. The predicted molar refractivity (Wildman–Crippen MR) is 80.1 cm³/mol. The molecule has 1 aromatic carbocycles. The lowest BCUT2D eigenvalue weighted by molar-refractivity contribution is 0.0700. The van der Waals surface area contributed by atoms with Crippen molar-refractivity contribution in [2.45, 2.75) is 19.8 Å². The first-order valence-electron chi connectivity index (χ1n) is 6.13. The fraction of sp³-hybridized carbons (Fsp3) is 0.286. The van der Waals surface area contributed by atoms with Gasteiger partial charge in [0.25, 0.3) is 0 Å². The molecule has 2 rings (SSSR count). The van der Waals surface area contributed by atoms with Crippen LogP contribution in [0.4, 0.5) is 0 Å². The summed E-state index contributed by atoms with van der Waals surface area (Å²) in [5, 5.41) is 10.4. The minimum Gasteiger partial charge on any atom is -0.496 e. The average molecular weight is 312 g/mol. The average Bonchev–Trinajstić information content (AvgIpc) is 2.83. The first-order chi connectivity index (χ1) is 9.56. The molecule has 1 heterocycles. The highest BCUT2D eigenvalue weighted by atomic mass is 35.5. The van der Waals surface area contributed by atoms with E-state index in [0.29, 0.717) is 32.8 Å². The zero-order valence-corrected chi connectivity index (χ0v) is 12.7. The first kappa shape index (κ1) is 14.8. The summed E-state index contributed by atoms with van der Waals surface area (Å²) in [4.78, 5) is 16.0. The molecule has 106 valence electrons. The Morgan fingerprint density at radius 2 is 2.25 bits per heavy atom. The molecule has 1 N–H and O–H groups in total. The Hall–Kier alpha value is -1.59. The van der Waals surface area contributed by atoms with Crippen molar-refractivity contribution in [3.63, 3.8) is 0 Å². The second-order valence-corrected chi connectivity index (χ2v) is 5.63. The number of nitrogens with zero attached hydrogens (tertiary/aromatic N) is 1. The number of aromatic nitrogens is 1. The lowest BCUT2D eigenvalue weighted by atomic mass is 10.2. The van der Waals surface area contributed by atoms with E-state index >= 15 is 0 Å². The Kier molecular flexibility index (Phi) is 4.62. The lowest BCUT2D eigenvalue weighted by Gasteiger charge is -2.05. The van der Waals surface area contributed by atoms with Crippen molar-refractivity contribution in [1.82, 2.24) is 4.98 Å². The van der Waals surface area contributed by atoms with Crippen molar-refractivity contribution in [1.29, 1.82) is 0 Å². The minimum atomic E-state index is -0.940. The fourth-order valence-corrected chi connectivity index (χ4v) is 3.02. The number of hydrogen-bond acceptors (Lipinski definition) is 4. The summed E-state index contributed by atoms with van der Waals surface area (Å²) < 4.78 is 5.28. The molecule has 0 bridgehead atoms. The van der Waals surface area contributed by atoms with Gasteiger partial charge >= 0.3 is 5.97 Å². The van der Waals surface area contributed by atoms with E-state index in [-0.39, 0.29) is 0 Å². The molecule has 0 aliphatic heterocycles. The number of carboxylic acids is 1. The normalized spacial score (nSPS) is 10.6. The van der Waals surface area contributed by atoms with Gasteiger partial charge in [-0.15, -0.1) is 11.3 Å². The number of benzene rings is 1. The van der Waals surface area contributed by atoms with Crippen LogP contribution < -0.4 is 4.74 Å². The van der Waals surface area contributed by atoms with Crippen LogP contribution in [0.15, 0.2) is 18.2 Å². The molecule has 6 heteroatoms. The molecule has 2 aromatic rings. The van der Waals surface area contributed by atoms with Crippen molar-refractivity contribution in [2.75, 3.05) is 7.11 Å². The SMILES string of the molecule is CCCc1nc(-c2ccc(Cl)cc2OC)sc1C(=O)O. The molecule has 0 spiro atoms. The summed E-state index contributed by atoms with van der Waals surface area (Å²) >= 11 is 7.09. The van der Waals surface area contributed by atoms with Crippen molar-refractivity contribution in [3.05, 3.63) is 33.8 Å². The Balaban J connectivity index is 2.53. The molecule has 0 aliphatic rings. The summed E-state index contributed by atoms with van der Waals surface area (Å²) in [6.07, 6.45) is 1.50. The van der Waals surface area contributed by atoms with Crippen LogP contribution in [0.2, 0.25) is 5.02 Å². The molecular weight excluding hydrogens is 298 g/mol. The van der Waals surface area contributed by atoms with Gasteiger partial charge in [0.2, 0.25) is 0 Å². The van der Waals surface area contributed by atoms with E-state index in [1.165, 1.54) is 0 Å². The standard InChI is InChI=1S/C14H14ClNO3S/c1-3-4-10-12(14(17)18)20-13(16-10)9-6-5-8(15)7-11(9)19-2/h5-7H,3-4H2,1-2H3,(H,17,18). The number of aromatic carboxylic acids is 1. The highest BCUT2D eigenvalue weighted by molar-refractivity contribution is 7.17. The van der Waals surface area contributed by atoms with Gasteiger partial charge in [0.1, 0.15) is 15.6 Å². The van der Waals surface area contributed by atoms with Crippen LogP contribution in [-0.2, 0) is 6.42 Å². The Bertz CT molecular complexity index is 639. The van der Waals surface area contributed by atoms with Gasteiger partial charge < -0.3 is 9.84 Å². The van der Waals surface area contributed by atoms with Crippen molar-refractivity contribution in [2.24, 2.45) is 0 Å². The van der Waals surface area contributed by atoms with Gasteiger partial charge in [0, 0.05) is 5.02 Å². The minimum absolute atomic E-state index is 0.291. The highest BCUT2D eigenvalue weighted by Gasteiger charge is 2.19. The Morgan fingerprint density at radius 1 is 1.50 bits per heavy atom. The van der Waals surface area contributed by atoms with Crippen LogP contribution in [0.25, 0.3) is 10.6 Å². The van der Waals surface area contributed by atoms with Gasteiger partial charge in [0.05, 0.1) is 18.4 Å². The van der Waals surface area contributed by atoms with Crippen molar-refractivity contribution in [3.8, 4) is 16.3 Å². The predicted octanol–water partition coefficient (Wildman–Crippen LogP) is 4.12. The van der Waals surface area contributed by atoms with Crippen LogP contribution in [0, 0.1) is 0 Å². The quantitative estimate of drug-likeness (QED) is 0.902. The van der Waals surface area contributed by atoms with Crippen LogP contribution in [0.3, 0.4) is 0 Å². The largest absolute Gasteiger partial charge is 0.496 e. The summed E-state index contributed by atoms with van der Waals surface area (Å²) in [7, 11) is 1.55. The second-order valence-electron chi connectivity index (χ2n) is 4.19. The van der Waals surface area contributed by atoms with Crippen molar-refractivity contribution < 1.29 is 14.6 Å². The van der Waals surface area contributed by atoms with Gasteiger partial charge in [-0.2, -0.15) is 0 Å². The van der Waals surface area contributed by atoms with E-state index in [1.807, 2.05) is 6.92 Å². The van der Waals surface area contributed by atoms with E-state index in [4.69, 9.17) is 16.3 Å². The Morgan fingerprint density at radius 3 is 2.85 bits per heavy atom. The first-order valence-corrected chi connectivity index (χ1v) is 7.33. The van der Waals surface area contributed by atoms with Gasteiger partial charge in [0.15, 0.2) is 0 Å². The van der Waals surface area contributed by atoms with Gasteiger partial charge in [-0.25, -0.2) is 9.78 Å². The molecule has 0 radical (unpaired) electrons. The molecule has 0 fully saturated rings. The van der Waals surface area contributed by atoms with Crippen LogP contribution >= 0.6 is 22.9 Å². The number of ether oxygens (including phenoxy) is 1. The zero-order valence-electron chi connectivity index (χ0n) is 11.1. The highest BCUT2D eigenvalue weighted by Crippen LogP contribution is 2.36. The molecule has 0 unspecified atom stereocenters. The van der Waals surface area contributed by atoms with Crippen LogP contribution in [-0.4, -0.2) is 23.2 Å². The molecule has 1 aromatic heterocycles. The number of aryl methyl sites for hydroxylation is 1. The number of rotatable bonds is 5. The summed E-state index contributed by atoms with van der Waals surface area (Å²) in [6, 6.07) is 5.22. The topological polar surface area (TPSA) is 59.4 Å². The van der Waals surface area contributed by atoms with E-state index in [0.717, 1.165) is 23.3 Å². The van der Waals surface area contributed by atoms with Crippen molar-refractivity contribution >= 4 is 28.9 Å². The van der Waals surface area contributed by atoms with Gasteiger partial charge in [-0.3, -0.25) is 0 Å². The molecule has 0 saturated heterocycles. The second kappa shape index (κ2) is 6.24. The van der Waals surface area contributed by atoms with E-state index in [1.54, 1.807) is 25.3 Å². The van der Waals surface area contributed by atoms with Crippen LogP contribution in [0.5, 0.6) is 5.75 Å². The monoisotopic (exact) mass is 311 g/mol. The van der Waals surface area contributed by atoms with Crippen LogP contribution in [0.1, 0.15) is 28.7 Å². The van der Waals surface area contributed by atoms with Gasteiger partial charge in [-0.1, -0.05) is 24.9 Å².